The summed E-state index contributed by atoms with van der Waals surface area (Å²) in [6.07, 6.45) is 5.04. The number of methoxy groups -OCH3 is 1. The maximum atomic E-state index is 5.22. The summed E-state index contributed by atoms with van der Waals surface area (Å²) in [4.78, 5) is 3.56. The molecule has 0 saturated heterocycles. The predicted octanol–water partition coefficient (Wildman–Crippen LogP) is 3.88. The molecule has 0 amide bonds. The van der Waals surface area contributed by atoms with Gasteiger partial charge in [0.05, 0.1) is 7.11 Å². The molecule has 1 aromatic heterocycles. The molecule has 1 aliphatic carbocycles. The molecular formula is C16H19NO. The molecule has 3 rings (SSSR count). The third-order valence-corrected chi connectivity index (χ3v) is 3.86. The number of ether oxygens (including phenoxy) is 1. The Balaban J connectivity index is 2.07. The van der Waals surface area contributed by atoms with E-state index in [2.05, 4.69) is 24.0 Å². The Bertz CT molecular complexity index is 551. The first-order valence-electron chi connectivity index (χ1n) is 6.64. The second-order valence-corrected chi connectivity index (χ2v) is 5.02. The van der Waals surface area contributed by atoms with E-state index >= 15 is 0 Å². The molecule has 0 atom stereocenters. The minimum atomic E-state index is 0.917. The molecule has 1 N–H and O–H groups in total. The zero-order valence-electron chi connectivity index (χ0n) is 11.0. The fraction of sp³-hybridized carbons (Fsp3) is 0.375. The lowest BCUT2D eigenvalue weighted by molar-refractivity contribution is 0.415. The highest BCUT2D eigenvalue weighted by Crippen LogP contribution is 2.35. The summed E-state index contributed by atoms with van der Waals surface area (Å²) in [5, 5.41) is 0. The Morgan fingerprint density at radius 3 is 2.50 bits per heavy atom. The van der Waals surface area contributed by atoms with Gasteiger partial charge < -0.3 is 9.72 Å². The van der Waals surface area contributed by atoms with Gasteiger partial charge in [-0.15, -0.1) is 0 Å². The lowest BCUT2D eigenvalue weighted by Gasteiger charge is -2.13. The molecule has 0 spiro atoms. The van der Waals surface area contributed by atoms with Crippen LogP contribution in [0.3, 0.4) is 0 Å². The molecule has 1 heterocycles. The van der Waals surface area contributed by atoms with Crippen molar-refractivity contribution in [3.8, 4) is 16.9 Å². The van der Waals surface area contributed by atoms with Crippen LogP contribution in [-0.2, 0) is 12.8 Å². The number of aryl methyl sites for hydroxylation is 2. The Kier molecular flexibility index (Phi) is 2.86. The maximum absolute atomic E-state index is 5.22. The quantitative estimate of drug-likeness (QED) is 0.848. The van der Waals surface area contributed by atoms with Crippen LogP contribution in [0.4, 0.5) is 0 Å². The number of hydrogen-bond acceptors (Lipinski definition) is 1. The van der Waals surface area contributed by atoms with Crippen LogP contribution in [0.25, 0.3) is 11.1 Å². The van der Waals surface area contributed by atoms with E-state index in [1.54, 1.807) is 7.11 Å². The van der Waals surface area contributed by atoms with Gasteiger partial charge in [-0.3, -0.25) is 0 Å². The van der Waals surface area contributed by atoms with E-state index in [0.717, 1.165) is 5.75 Å². The van der Waals surface area contributed by atoms with E-state index in [4.69, 9.17) is 4.74 Å². The van der Waals surface area contributed by atoms with Gasteiger partial charge in [0.15, 0.2) is 0 Å². The Labute approximate surface area is 108 Å². The molecule has 0 saturated carbocycles. The highest BCUT2D eigenvalue weighted by Gasteiger charge is 2.18. The fourth-order valence-electron chi connectivity index (χ4n) is 2.98. The highest BCUT2D eigenvalue weighted by atomic mass is 16.5. The van der Waals surface area contributed by atoms with Crippen molar-refractivity contribution in [2.24, 2.45) is 0 Å². The largest absolute Gasteiger partial charge is 0.497 e. The zero-order chi connectivity index (χ0) is 12.5. The van der Waals surface area contributed by atoms with Crippen molar-refractivity contribution in [3.05, 3.63) is 41.2 Å². The summed E-state index contributed by atoms with van der Waals surface area (Å²) in [7, 11) is 1.71. The Morgan fingerprint density at radius 2 is 1.78 bits per heavy atom. The second-order valence-electron chi connectivity index (χ2n) is 5.02. The Morgan fingerprint density at radius 1 is 1.06 bits per heavy atom. The summed E-state index contributed by atoms with van der Waals surface area (Å²) in [6.45, 7) is 2.18. The van der Waals surface area contributed by atoms with Crippen LogP contribution >= 0.6 is 0 Å². The van der Waals surface area contributed by atoms with Crippen LogP contribution in [0.2, 0.25) is 0 Å². The highest BCUT2D eigenvalue weighted by molar-refractivity contribution is 5.72. The van der Waals surface area contributed by atoms with Gasteiger partial charge in [0.25, 0.3) is 0 Å². The molecule has 2 nitrogen and oxygen atoms in total. The predicted molar refractivity (Wildman–Crippen MR) is 74.2 cm³/mol. The van der Waals surface area contributed by atoms with Gasteiger partial charge in [-0.25, -0.2) is 0 Å². The normalized spacial score (nSPS) is 14.3. The number of aromatic nitrogens is 1. The molecule has 1 aliphatic rings. The van der Waals surface area contributed by atoms with E-state index in [9.17, 15) is 0 Å². The van der Waals surface area contributed by atoms with Gasteiger partial charge in [0, 0.05) is 17.0 Å². The molecule has 2 heteroatoms. The molecule has 0 fully saturated rings. The molecule has 94 valence electrons. The van der Waals surface area contributed by atoms with Gasteiger partial charge in [-0.05, 0) is 55.9 Å². The summed E-state index contributed by atoms with van der Waals surface area (Å²) in [5.41, 5.74) is 6.99. The molecule has 0 radical (unpaired) electrons. The molecule has 18 heavy (non-hydrogen) atoms. The molecule has 2 aromatic rings. The smallest absolute Gasteiger partial charge is 0.118 e. The number of hydrogen-bond donors (Lipinski definition) is 1. The molecule has 0 bridgehead atoms. The summed E-state index contributed by atoms with van der Waals surface area (Å²) in [6, 6.07) is 8.39. The summed E-state index contributed by atoms with van der Waals surface area (Å²) >= 11 is 0. The molecule has 1 aromatic carbocycles. The van der Waals surface area contributed by atoms with E-state index < -0.39 is 0 Å². The molecule has 0 unspecified atom stereocenters. The van der Waals surface area contributed by atoms with Crippen LogP contribution in [0.1, 0.15) is 29.8 Å². The number of rotatable bonds is 2. The lowest BCUT2D eigenvalue weighted by atomic mass is 9.91. The van der Waals surface area contributed by atoms with Crippen molar-refractivity contribution >= 4 is 0 Å². The van der Waals surface area contributed by atoms with E-state index in [1.807, 2.05) is 12.1 Å². The topological polar surface area (TPSA) is 25.0 Å². The number of benzene rings is 1. The van der Waals surface area contributed by atoms with Gasteiger partial charge in [0.1, 0.15) is 5.75 Å². The van der Waals surface area contributed by atoms with Crippen molar-refractivity contribution in [1.29, 1.82) is 0 Å². The molecular weight excluding hydrogens is 222 g/mol. The standard InChI is InChI=1S/C16H19NO/c1-11-16(12-7-9-13(18-2)10-8-12)14-5-3-4-6-15(14)17-11/h7-10,17H,3-6H2,1-2H3. The van der Waals surface area contributed by atoms with E-state index in [0.29, 0.717) is 0 Å². The van der Waals surface area contributed by atoms with Gasteiger partial charge >= 0.3 is 0 Å². The first kappa shape index (κ1) is 11.4. The first-order chi connectivity index (χ1) is 8.79. The van der Waals surface area contributed by atoms with Gasteiger partial charge in [-0.2, -0.15) is 0 Å². The first-order valence-corrected chi connectivity index (χ1v) is 6.64. The van der Waals surface area contributed by atoms with Crippen LogP contribution in [0.15, 0.2) is 24.3 Å². The molecule has 0 aliphatic heterocycles. The van der Waals surface area contributed by atoms with Crippen LogP contribution in [0.5, 0.6) is 5.75 Å². The summed E-state index contributed by atoms with van der Waals surface area (Å²) in [5.74, 6) is 0.917. The van der Waals surface area contributed by atoms with Crippen LogP contribution in [-0.4, -0.2) is 12.1 Å². The summed E-state index contributed by atoms with van der Waals surface area (Å²) < 4.78 is 5.22. The maximum Gasteiger partial charge on any atom is 0.118 e. The number of nitrogens with one attached hydrogen (secondary N) is 1. The second kappa shape index (κ2) is 4.52. The Hall–Kier alpha value is -1.70. The van der Waals surface area contributed by atoms with Crippen molar-refractivity contribution in [1.82, 2.24) is 4.98 Å². The number of aromatic amines is 1. The third-order valence-electron chi connectivity index (χ3n) is 3.86. The average Bonchev–Trinajstić information content (AvgIpc) is 2.75. The van der Waals surface area contributed by atoms with Crippen molar-refractivity contribution in [3.63, 3.8) is 0 Å². The van der Waals surface area contributed by atoms with Crippen molar-refractivity contribution < 1.29 is 4.74 Å². The van der Waals surface area contributed by atoms with Crippen LogP contribution < -0.4 is 4.74 Å². The van der Waals surface area contributed by atoms with Crippen LogP contribution in [0, 0.1) is 6.92 Å². The SMILES string of the molecule is COc1ccc(-c2c(C)[nH]c3c2CCCC3)cc1. The van der Waals surface area contributed by atoms with E-state index in [-0.39, 0.29) is 0 Å². The number of fused-ring (bicyclic) bond motifs is 1. The van der Waals surface area contributed by atoms with Gasteiger partial charge in [0.2, 0.25) is 0 Å². The zero-order valence-corrected chi connectivity index (χ0v) is 11.0. The van der Waals surface area contributed by atoms with Crippen molar-refractivity contribution in [2.45, 2.75) is 32.6 Å². The minimum Gasteiger partial charge on any atom is -0.497 e. The fourth-order valence-corrected chi connectivity index (χ4v) is 2.98. The average molecular weight is 241 g/mol. The van der Waals surface area contributed by atoms with Crippen molar-refractivity contribution in [2.75, 3.05) is 7.11 Å². The van der Waals surface area contributed by atoms with Gasteiger partial charge in [-0.1, -0.05) is 12.1 Å². The van der Waals surface area contributed by atoms with E-state index in [1.165, 1.54) is 53.8 Å². The minimum absolute atomic E-state index is 0.917. The monoisotopic (exact) mass is 241 g/mol. The number of H-pyrrole nitrogens is 1. The lowest BCUT2D eigenvalue weighted by Crippen LogP contribution is -2.01. The third kappa shape index (κ3) is 1.82.